The molecule has 0 fully saturated rings. The van der Waals surface area contributed by atoms with Gasteiger partial charge < -0.3 is 15.2 Å². The summed E-state index contributed by atoms with van der Waals surface area (Å²) >= 11 is 11.8. The molecule has 2 N–H and O–H groups in total. The van der Waals surface area contributed by atoms with Crippen LogP contribution in [0.3, 0.4) is 0 Å². The third-order valence-corrected chi connectivity index (χ3v) is 3.32. The molecule has 0 unspecified atom stereocenters. The smallest absolute Gasteiger partial charge is 0.335 e. The van der Waals surface area contributed by atoms with Gasteiger partial charge in [-0.05, 0) is 30.3 Å². The van der Waals surface area contributed by atoms with Crippen molar-refractivity contribution in [1.29, 1.82) is 0 Å². The highest BCUT2D eigenvalue weighted by Crippen LogP contribution is 2.24. The van der Waals surface area contributed by atoms with Crippen molar-refractivity contribution in [2.75, 3.05) is 11.9 Å². The van der Waals surface area contributed by atoms with Crippen LogP contribution in [0.25, 0.3) is 0 Å². The molecule has 0 aliphatic carbocycles. The van der Waals surface area contributed by atoms with E-state index >= 15 is 0 Å². The number of anilines is 1. The van der Waals surface area contributed by atoms with Crippen LogP contribution < -0.4 is 10.1 Å². The largest absolute Gasteiger partial charge is 0.482 e. The molecule has 0 atom stereocenters. The highest BCUT2D eigenvalue weighted by molar-refractivity contribution is 6.34. The van der Waals surface area contributed by atoms with E-state index in [9.17, 15) is 9.59 Å². The van der Waals surface area contributed by atoms with Crippen LogP contribution in [0.5, 0.6) is 5.75 Å². The van der Waals surface area contributed by atoms with E-state index in [-0.39, 0.29) is 22.9 Å². The summed E-state index contributed by atoms with van der Waals surface area (Å²) in [7, 11) is 0. The Morgan fingerprint density at radius 1 is 1.09 bits per heavy atom. The number of ether oxygens (including phenoxy) is 1. The monoisotopic (exact) mass is 339 g/mol. The van der Waals surface area contributed by atoms with Crippen molar-refractivity contribution in [1.82, 2.24) is 0 Å². The van der Waals surface area contributed by atoms with Crippen molar-refractivity contribution in [3.05, 3.63) is 58.1 Å². The lowest BCUT2D eigenvalue weighted by Gasteiger charge is -2.10. The van der Waals surface area contributed by atoms with E-state index in [4.69, 9.17) is 33.0 Å². The predicted octanol–water partition coefficient (Wildman–Crippen LogP) is 3.71. The lowest BCUT2D eigenvalue weighted by Crippen LogP contribution is -2.20. The summed E-state index contributed by atoms with van der Waals surface area (Å²) in [6.45, 7) is -0.280. The Morgan fingerprint density at radius 3 is 2.50 bits per heavy atom. The minimum Gasteiger partial charge on any atom is -0.482 e. The number of nitrogens with one attached hydrogen (secondary N) is 1. The second kappa shape index (κ2) is 7.15. The topological polar surface area (TPSA) is 75.6 Å². The van der Waals surface area contributed by atoms with Crippen molar-refractivity contribution < 1.29 is 19.4 Å². The first kappa shape index (κ1) is 16.1. The molecule has 0 spiro atoms. The normalized spacial score (nSPS) is 10.1. The molecular weight excluding hydrogens is 329 g/mol. The summed E-state index contributed by atoms with van der Waals surface area (Å²) in [6, 6.07) is 10.8. The second-order valence-electron chi connectivity index (χ2n) is 4.27. The summed E-state index contributed by atoms with van der Waals surface area (Å²) in [5.74, 6) is -1.21. The van der Waals surface area contributed by atoms with Gasteiger partial charge in [0, 0.05) is 0 Å². The fraction of sp³-hybridized carbons (Fsp3) is 0.0667. The van der Waals surface area contributed by atoms with Crippen LogP contribution in [-0.2, 0) is 4.79 Å². The Balaban J connectivity index is 2.02. The number of carbonyl (C=O) groups is 2. The van der Waals surface area contributed by atoms with E-state index < -0.39 is 11.9 Å². The molecule has 2 rings (SSSR count). The number of amides is 1. The maximum absolute atomic E-state index is 11.8. The van der Waals surface area contributed by atoms with Gasteiger partial charge >= 0.3 is 5.97 Å². The number of hydrogen-bond acceptors (Lipinski definition) is 3. The molecule has 0 aliphatic rings. The summed E-state index contributed by atoms with van der Waals surface area (Å²) in [6.07, 6.45) is 0. The molecule has 22 heavy (non-hydrogen) atoms. The lowest BCUT2D eigenvalue weighted by atomic mass is 10.2. The van der Waals surface area contributed by atoms with E-state index in [2.05, 4.69) is 5.32 Å². The Bertz CT molecular complexity index is 718. The predicted molar refractivity (Wildman–Crippen MR) is 84.0 cm³/mol. The van der Waals surface area contributed by atoms with Gasteiger partial charge in [0.15, 0.2) is 6.61 Å². The van der Waals surface area contributed by atoms with Crippen LogP contribution in [0.2, 0.25) is 10.0 Å². The zero-order valence-corrected chi connectivity index (χ0v) is 12.7. The molecule has 0 saturated carbocycles. The lowest BCUT2D eigenvalue weighted by molar-refractivity contribution is -0.118. The minimum absolute atomic E-state index is 0.0201. The number of rotatable bonds is 5. The van der Waals surface area contributed by atoms with Crippen LogP contribution >= 0.6 is 23.2 Å². The molecule has 0 aliphatic heterocycles. The molecule has 0 aromatic heterocycles. The number of carboxylic acid groups (broad SMARTS) is 1. The standard InChI is InChI=1S/C15H11Cl2NO4/c16-10-6-5-9(15(20)21)7-12(10)18-14(19)8-22-13-4-2-1-3-11(13)17/h1-7H,8H2,(H,18,19)(H,20,21). The van der Waals surface area contributed by atoms with Gasteiger partial charge in [0.1, 0.15) is 5.75 Å². The van der Waals surface area contributed by atoms with Gasteiger partial charge in [0.25, 0.3) is 5.91 Å². The van der Waals surface area contributed by atoms with Crippen molar-refractivity contribution in [2.24, 2.45) is 0 Å². The first-order valence-corrected chi connectivity index (χ1v) is 6.93. The van der Waals surface area contributed by atoms with Gasteiger partial charge in [-0.3, -0.25) is 4.79 Å². The number of carboxylic acids is 1. The highest BCUT2D eigenvalue weighted by atomic mass is 35.5. The van der Waals surface area contributed by atoms with Gasteiger partial charge in [-0.25, -0.2) is 4.79 Å². The molecule has 5 nitrogen and oxygen atoms in total. The molecule has 0 radical (unpaired) electrons. The van der Waals surface area contributed by atoms with Crippen molar-refractivity contribution in [3.8, 4) is 5.75 Å². The van der Waals surface area contributed by atoms with E-state index in [0.717, 1.165) is 0 Å². The van der Waals surface area contributed by atoms with E-state index in [1.165, 1.54) is 18.2 Å². The maximum Gasteiger partial charge on any atom is 0.335 e. The SMILES string of the molecule is O=C(COc1ccccc1Cl)Nc1cc(C(=O)O)ccc1Cl. The summed E-state index contributed by atoms with van der Waals surface area (Å²) in [5, 5.41) is 12.0. The Hall–Kier alpha value is -2.24. The highest BCUT2D eigenvalue weighted by Gasteiger charge is 2.11. The average molecular weight is 340 g/mol. The van der Waals surface area contributed by atoms with Crippen molar-refractivity contribution in [3.63, 3.8) is 0 Å². The number of benzene rings is 2. The van der Waals surface area contributed by atoms with E-state index in [0.29, 0.717) is 10.8 Å². The van der Waals surface area contributed by atoms with E-state index in [1.54, 1.807) is 24.3 Å². The maximum atomic E-state index is 11.8. The molecule has 2 aromatic carbocycles. The van der Waals surface area contributed by atoms with E-state index in [1.807, 2.05) is 0 Å². The van der Waals surface area contributed by atoms with Crippen LogP contribution in [0.1, 0.15) is 10.4 Å². The van der Waals surface area contributed by atoms with Gasteiger partial charge in [0.05, 0.1) is 21.3 Å². The molecule has 0 saturated heterocycles. The van der Waals surface area contributed by atoms with Gasteiger partial charge in [-0.2, -0.15) is 0 Å². The van der Waals surface area contributed by atoms with Crippen LogP contribution in [0.4, 0.5) is 5.69 Å². The van der Waals surface area contributed by atoms with Gasteiger partial charge in [-0.15, -0.1) is 0 Å². The molecule has 2 aromatic rings. The van der Waals surface area contributed by atoms with Crippen molar-refractivity contribution >= 4 is 40.8 Å². The molecule has 7 heteroatoms. The van der Waals surface area contributed by atoms with Gasteiger partial charge in [-0.1, -0.05) is 35.3 Å². The molecule has 0 bridgehead atoms. The fourth-order valence-electron chi connectivity index (χ4n) is 1.65. The molecule has 114 valence electrons. The number of para-hydroxylation sites is 1. The van der Waals surface area contributed by atoms with Gasteiger partial charge in [0.2, 0.25) is 0 Å². The quantitative estimate of drug-likeness (QED) is 0.870. The average Bonchev–Trinajstić information content (AvgIpc) is 2.48. The number of hydrogen-bond donors (Lipinski definition) is 2. The number of halogens is 2. The van der Waals surface area contributed by atoms with Crippen LogP contribution in [-0.4, -0.2) is 23.6 Å². The zero-order valence-electron chi connectivity index (χ0n) is 11.2. The number of aromatic carboxylic acids is 1. The Kier molecular flexibility index (Phi) is 5.25. The fourth-order valence-corrected chi connectivity index (χ4v) is 2.00. The third-order valence-electron chi connectivity index (χ3n) is 2.68. The zero-order chi connectivity index (χ0) is 16.1. The molecular formula is C15H11Cl2NO4. The Morgan fingerprint density at radius 2 is 1.82 bits per heavy atom. The summed E-state index contributed by atoms with van der Waals surface area (Å²) in [4.78, 5) is 22.7. The van der Waals surface area contributed by atoms with Crippen LogP contribution in [0, 0.1) is 0 Å². The first-order chi connectivity index (χ1) is 10.5. The molecule has 0 heterocycles. The number of carbonyl (C=O) groups excluding carboxylic acids is 1. The first-order valence-electron chi connectivity index (χ1n) is 6.17. The summed E-state index contributed by atoms with van der Waals surface area (Å²) in [5.41, 5.74) is 0.223. The minimum atomic E-state index is -1.11. The Labute approximate surface area is 136 Å². The van der Waals surface area contributed by atoms with Crippen molar-refractivity contribution in [2.45, 2.75) is 0 Å². The second-order valence-corrected chi connectivity index (χ2v) is 5.08. The molecule has 1 amide bonds. The van der Waals surface area contributed by atoms with Crippen LogP contribution in [0.15, 0.2) is 42.5 Å². The summed E-state index contributed by atoms with van der Waals surface area (Å²) < 4.78 is 5.28. The third kappa shape index (κ3) is 4.13.